The van der Waals surface area contributed by atoms with Crippen molar-refractivity contribution in [2.75, 3.05) is 5.32 Å². The minimum Gasteiger partial charge on any atom is -0.380 e. The molecule has 0 fully saturated rings. The molecule has 0 saturated carbocycles. The number of nitrogens with one attached hydrogen (secondary N) is 1. The van der Waals surface area contributed by atoms with E-state index < -0.39 is 4.92 Å². The van der Waals surface area contributed by atoms with Gasteiger partial charge < -0.3 is 5.32 Å². The maximum absolute atomic E-state index is 10.7. The highest BCUT2D eigenvalue weighted by Crippen LogP contribution is 2.28. The van der Waals surface area contributed by atoms with Crippen molar-refractivity contribution < 1.29 is 4.92 Å². The number of aryl methyl sites for hydroxylation is 1. The summed E-state index contributed by atoms with van der Waals surface area (Å²) in [4.78, 5) is 12.9. The lowest BCUT2D eigenvalue weighted by Gasteiger charge is -2.05. The van der Waals surface area contributed by atoms with Gasteiger partial charge in [0.2, 0.25) is 0 Å². The minimum absolute atomic E-state index is 0.0787. The molecule has 1 N–H and O–H groups in total. The molecule has 0 spiro atoms. The van der Waals surface area contributed by atoms with Gasteiger partial charge in [0.1, 0.15) is 0 Å². The van der Waals surface area contributed by atoms with E-state index in [1.54, 1.807) is 23.5 Å². The Kier molecular flexibility index (Phi) is 4.55. The zero-order chi connectivity index (χ0) is 13.8. The van der Waals surface area contributed by atoms with Crippen LogP contribution in [0.15, 0.2) is 34.8 Å². The molecule has 0 atom stereocenters. The van der Waals surface area contributed by atoms with Gasteiger partial charge >= 0.3 is 0 Å². The SMILES string of the molecule is CCc1ccc(CNc2ccc([N+](=O)[O-])c(Br)c2)s1. The second-order valence-electron chi connectivity index (χ2n) is 4.00. The Balaban J connectivity index is 2.03. The molecule has 100 valence electrons. The number of nitrogens with zero attached hydrogens (tertiary/aromatic N) is 1. The van der Waals surface area contributed by atoms with Gasteiger partial charge in [-0.2, -0.15) is 0 Å². The summed E-state index contributed by atoms with van der Waals surface area (Å²) in [6.45, 7) is 2.87. The van der Waals surface area contributed by atoms with Crippen molar-refractivity contribution in [1.82, 2.24) is 0 Å². The van der Waals surface area contributed by atoms with E-state index in [2.05, 4.69) is 40.3 Å². The van der Waals surface area contributed by atoms with Crippen LogP contribution in [-0.2, 0) is 13.0 Å². The Morgan fingerprint density at radius 1 is 1.32 bits per heavy atom. The number of nitro groups is 1. The van der Waals surface area contributed by atoms with Gasteiger partial charge in [0.05, 0.1) is 9.40 Å². The molecule has 0 radical (unpaired) electrons. The van der Waals surface area contributed by atoms with Crippen LogP contribution >= 0.6 is 27.3 Å². The molecular formula is C13H13BrN2O2S. The first-order valence-corrected chi connectivity index (χ1v) is 7.46. The molecule has 2 rings (SSSR count). The number of hydrogen-bond donors (Lipinski definition) is 1. The van der Waals surface area contributed by atoms with Crippen molar-refractivity contribution in [1.29, 1.82) is 0 Å². The molecule has 19 heavy (non-hydrogen) atoms. The van der Waals surface area contributed by atoms with Crippen molar-refractivity contribution in [2.45, 2.75) is 19.9 Å². The largest absolute Gasteiger partial charge is 0.380 e. The molecule has 2 aromatic rings. The molecular weight excluding hydrogens is 328 g/mol. The molecule has 1 aromatic heterocycles. The second-order valence-corrected chi connectivity index (χ2v) is 6.11. The fourth-order valence-electron chi connectivity index (χ4n) is 1.66. The van der Waals surface area contributed by atoms with Gasteiger partial charge in [-0.1, -0.05) is 6.92 Å². The number of nitro benzene ring substituents is 1. The van der Waals surface area contributed by atoms with Crippen molar-refractivity contribution in [2.24, 2.45) is 0 Å². The predicted octanol–water partition coefficient (Wildman–Crippen LogP) is 4.59. The van der Waals surface area contributed by atoms with E-state index in [9.17, 15) is 10.1 Å². The van der Waals surface area contributed by atoms with E-state index in [1.807, 2.05) is 0 Å². The number of benzene rings is 1. The normalized spacial score (nSPS) is 10.4. The number of halogens is 1. The number of rotatable bonds is 5. The van der Waals surface area contributed by atoms with Crippen molar-refractivity contribution in [3.63, 3.8) is 0 Å². The van der Waals surface area contributed by atoms with Crippen LogP contribution in [0.5, 0.6) is 0 Å². The van der Waals surface area contributed by atoms with Crippen molar-refractivity contribution >= 4 is 38.6 Å². The Morgan fingerprint density at radius 3 is 2.63 bits per heavy atom. The molecule has 0 amide bonds. The van der Waals surface area contributed by atoms with E-state index in [-0.39, 0.29) is 5.69 Å². The molecule has 1 aromatic carbocycles. The minimum atomic E-state index is -0.402. The lowest BCUT2D eigenvalue weighted by Crippen LogP contribution is -1.98. The Bertz CT molecular complexity index is 598. The fourth-order valence-corrected chi connectivity index (χ4v) is 3.08. The summed E-state index contributed by atoms with van der Waals surface area (Å²) in [5.41, 5.74) is 0.943. The van der Waals surface area contributed by atoms with E-state index in [0.717, 1.165) is 18.7 Å². The molecule has 0 aliphatic carbocycles. The molecule has 4 nitrogen and oxygen atoms in total. The highest BCUT2D eigenvalue weighted by Gasteiger charge is 2.11. The van der Waals surface area contributed by atoms with Gasteiger partial charge in [0, 0.05) is 28.1 Å². The highest BCUT2D eigenvalue weighted by molar-refractivity contribution is 9.10. The van der Waals surface area contributed by atoms with E-state index in [0.29, 0.717) is 4.47 Å². The van der Waals surface area contributed by atoms with Crippen LogP contribution in [0, 0.1) is 10.1 Å². The van der Waals surface area contributed by atoms with Crippen LogP contribution in [0.1, 0.15) is 16.7 Å². The first-order valence-electron chi connectivity index (χ1n) is 5.85. The van der Waals surface area contributed by atoms with E-state index in [4.69, 9.17) is 0 Å². The zero-order valence-corrected chi connectivity index (χ0v) is 12.8. The van der Waals surface area contributed by atoms with Gasteiger partial charge in [0.25, 0.3) is 5.69 Å². The molecule has 0 aliphatic rings. The van der Waals surface area contributed by atoms with Gasteiger partial charge in [-0.25, -0.2) is 0 Å². The first-order chi connectivity index (χ1) is 9.10. The summed E-state index contributed by atoms with van der Waals surface area (Å²) in [6.07, 6.45) is 1.05. The quantitative estimate of drug-likeness (QED) is 0.639. The molecule has 0 unspecified atom stereocenters. The first kappa shape index (κ1) is 14.0. The van der Waals surface area contributed by atoms with Gasteiger partial charge in [-0.05, 0) is 46.6 Å². The second kappa shape index (κ2) is 6.16. The van der Waals surface area contributed by atoms with Crippen molar-refractivity contribution in [3.05, 3.63) is 54.7 Å². The maximum atomic E-state index is 10.7. The van der Waals surface area contributed by atoms with Gasteiger partial charge in [-0.3, -0.25) is 10.1 Å². The fraction of sp³-hybridized carbons (Fsp3) is 0.231. The summed E-state index contributed by atoms with van der Waals surface area (Å²) in [6, 6.07) is 9.19. The Hall–Kier alpha value is -1.40. The number of anilines is 1. The zero-order valence-electron chi connectivity index (χ0n) is 10.4. The summed E-state index contributed by atoms with van der Waals surface area (Å²) < 4.78 is 0.489. The van der Waals surface area contributed by atoms with Crippen LogP contribution < -0.4 is 5.32 Å². The number of hydrogen-bond acceptors (Lipinski definition) is 4. The third kappa shape index (κ3) is 3.54. The van der Waals surface area contributed by atoms with Crippen LogP contribution in [0.25, 0.3) is 0 Å². The lowest BCUT2D eigenvalue weighted by atomic mass is 10.3. The summed E-state index contributed by atoms with van der Waals surface area (Å²) >= 11 is 4.99. The van der Waals surface area contributed by atoms with Gasteiger partial charge in [0.15, 0.2) is 0 Å². The average Bonchev–Trinajstić information content (AvgIpc) is 2.84. The average molecular weight is 341 g/mol. The Labute approximate surface area is 123 Å². The molecule has 6 heteroatoms. The van der Waals surface area contributed by atoms with Crippen LogP contribution in [0.4, 0.5) is 11.4 Å². The molecule has 0 aliphatic heterocycles. The predicted molar refractivity (Wildman–Crippen MR) is 81.8 cm³/mol. The van der Waals surface area contributed by atoms with E-state index >= 15 is 0 Å². The summed E-state index contributed by atoms with van der Waals surface area (Å²) in [7, 11) is 0. The molecule has 0 bridgehead atoms. The molecule has 0 saturated heterocycles. The standard InChI is InChI=1S/C13H13BrN2O2S/c1-2-10-4-5-11(19-10)8-15-9-3-6-13(16(17)18)12(14)7-9/h3-7,15H,2,8H2,1H3. The Morgan fingerprint density at radius 2 is 2.05 bits per heavy atom. The van der Waals surface area contributed by atoms with Crippen LogP contribution in [-0.4, -0.2) is 4.92 Å². The highest BCUT2D eigenvalue weighted by atomic mass is 79.9. The third-order valence-electron chi connectivity index (χ3n) is 2.68. The smallest absolute Gasteiger partial charge is 0.283 e. The van der Waals surface area contributed by atoms with E-state index in [1.165, 1.54) is 15.8 Å². The lowest BCUT2D eigenvalue weighted by molar-refractivity contribution is -0.385. The maximum Gasteiger partial charge on any atom is 0.283 e. The van der Waals surface area contributed by atoms with Gasteiger partial charge in [-0.15, -0.1) is 11.3 Å². The summed E-state index contributed by atoms with van der Waals surface area (Å²) in [5.74, 6) is 0. The number of thiophene rings is 1. The topological polar surface area (TPSA) is 55.2 Å². The van der Waals surface area contributed by atoms with Crippen LogP contribution in [0.2, 0.25) is 0 Å². The monoisotopic (exact) mass is 340 g/mol. The summed E-state index contributed by atoms with van der Waals surface area (Å²) in [5, 5.41) is 14.0. The van der Waals surface area contributed by atoms with Crippen LogP contribution in [0.3, 0.4) is 0 Å². The van der Waals surface area contributed by atoms with Crippen molar-refractivity contribution in [3.8, 4) is 0 Å². The third-order valence-corrected chi connectivity index (χ3v) is 4.54. The molecule has 1 heterocycles.